The molecule has 22 heavy (non-hydrogen) atoms. The topological polar surface area (TPSA) is 41.6 Å². The van der Waals surface area contributed by atoms with Gasteiger partial charge in [0, 0.05) is 27.7 Å². The van der Waals surface area contributed by atoms with E-state index in [9.17, 15) is 4.79 Å². The Morgan fingerprint density at radius 3 is 2.68 bits per heavy atom. The number of hydrogen-bond donors (Lipinski definition) is 1. The SMILES string of the molecule is COc1ccc(NC(=O)N2CCSC2c2ccc(C)s2)cc1. The van der Waals surface area contributed by atoms with Gasteiger partial charge in [-0.25, -0.2) is 4.79 Å². The fourth-order valence-electron chi connectivity index (χ4n) is 2.37. The van der Waals surface area contributed by atoms with Gasteiger partial charge in [0.1, 0.15) is 11.1 Å². The number of anilines is 1. The molecule has 0 bridgehead atoms. The molecule has 1 aromatic carbocycles. The molecule has 2 amide bonds. The van der Waals surface area contributed by atoms with Crippen molar-refractivity contribution in [3.63, 3.8) is 0 Å². The minimum atomic E-state index is -0.0498. The van der Waals surface area contributed by atoms with Crippen LogP contribution in [0.1, 0.15) is 15.1 Å². The summed E-state index contributed by atoms with van der Waals surface area (Å²) in [5.41, 5.74) is 0.781. The predicted molar refractivity (Wildman–Crippen MR) is 93.0 cm³/mol. The number of thioether (sulfide) groups is 1. The van der Waals surface area contributed by atoms with Gasteiger partial charge >= 0.3 is 6.03 Å². The molecule has 1 unspecified atom stereocenters. The van der Waals surface area contributed by atoms with Gasteiger partial charge in [-0.1, -0.05) is 0 Å². The fraction of sp³-hybridized carbons (Fsp3) is 0.312. The molecule has 2 aromatic rings. The molecule has 1 N–H and O–H groups in total. The van der Waals surface area contributed by atoms with E-state index in [4.69, 9.17) is 4.74 Å². The zero-order chi connectivity index (χ0) is 15.5. The molecule has 0 spiro atoms. The summed E-state index contributed by atoms with van der Waals surface area (Å²) in [7, 11) is 1.63. The summed E-state index contributed by atoms with van der Waals surface area (Å²) in [5, 5.41) is 3.09. The number of nitrogens with zero attached hydrogens (tertiary/aromatic N) is 1. The van der Waals surface area contributed by atoms with E-state index in [1.54, 1.807) is 18.4 Å². The lowest BCUT2D eigenvalue weighted by atomic mass is 10.3. The van der Waals surface area contributed by atoms with Gasteiger partial charge in [-0.2, -0.15) is 0 Å². The van der Waals surface area contributed by atoms with E-state index in [1.165, 1.54) is 9.75 Å². The molecular weight excluding hydrogens is 316 g/mol. The second kappa shape index (κ2) is 6.62. The van der Waals surface area contributed by atoms with Crippen molar-refractivity contribution < 1.29 is 9.53 Å². The Morgan fingerprint density at radius 2 is 2.05 bits per heavy atom. The van der Waals surface area contributed by atoms with E-state index in [2.05, 4.69) is 24.4 Å². The fourth-order valence-corrected chi connectivity index (χ4v) is 4.74. The molecule has 4 nitrogen and oxygen atoms in total. The monoisotopic (exact) mass is 334 g/mol. The normalized spacial score (nSPS) is 17.5. The lowest BCUT2D eigenvalue weighted by molar-refractivity contribution is 0.215. The number of nitrogens with one attached hydrogen (secondary N) is 1. The number of methoxy groups -OCH3 is 1. The van der Waals surface area contributed by atoms with E-state index in [-0.39, 0.29) is 11.4 Å². The number of urea groups is 1. The lowest BCUT2D eigenvalue weighted by Crippen LogP contribution is -2.34. The van der Waals surface area contributed by atoms with Crippen molar-refractivity contribution in [1.29, 1.82) is 0 Å². The molecule has 1 aliphatic rings. The highest BCUT2D eigenvalue weighted by atomic mass is 32.2. The number of benzene rings is 1. The number of carbonyl (C=O) groups excluding carboxylic acids is 1. The maximum Gasteiger partial charge on any atom is 0.323 e. The summed E-state index contributed by atoms with van der Waals surface area (Å²) in [6, 6.07) is 11.6. The largest absolute Gasteiger partial charge is 0.497 e. The maximum atomic E-state index is 12.5. The van der Waals surface area contributed by atoms with Crippen LogP contribution in [0.4, 0.5) is 10.5 Å². The van der Waals surface area contributed by atoms with Crippen molar-refractivity contribution in [2.75, 3.05) is 24.7 Å². The Morgan fingerprint density at radius 1 is 1.27 bits per heavy atom. The van der Waals surface area contributed by atoms with Crippen molar-refractivity contribution in [2.45, 2.75) is 12.3 Å². The van der Waals surface area contributed by atoms with Gasteiger partial charge in [0.2, 0.25) is 0 Å². The molecule has 1 aliphatic heterocycles. The molecule has 1 atom stereocenters. The number of rotatable bonds is 3. The van der Waals surface area contributed by atoms with Crippen LogP contribution in [0.3, 0.4) is 0 Å². The van der Waals surface area contributed by atoms with Crippen LogP contribution in [0.25, 0.3) is 0 Å². The molecular formula is C16H18N2O2S2. The molecule has 1 saturated heterocycles. The number of thiophene rings is 1. The van der Waals surface area contributed by atoms with Crippen LogP contribution in [0.15, 0.2) is 36.4 Å². The number of ether oxygens (including phenoxy) is 1. The lowest BCUT2D eigenvalue weighted by Gasteiger charge is -2.23. The molecule has 0 aliphatic carbocycles. The third-order valence-electron chi connectivity index (χ3n) is 3.50. The minimum Gasteiger partial charge on any atom is -0.497 e. The first-order valence-corrected chi connectivity index (χ1v) is 8.93. The highest BCUT2D eigenvalue weighted by molar-refractivity contribution is 7.99. The van der Waals surface area contributed by atoms with Crippen LogP contribution in [-0.4, -0.2) is 30.3 Å². The summed E-state index contributed by atoms with van der Waals surface area (Å²) in [4.78, 5) is 17.0. The Hall–Kier alpha value is -1.66. The van der Waals surface area contributed by atoms with Crippen LogP contribution < -0.4 is 10.1 Å². The van der Waals surface area contributed by atoms with Crippen LogP contribution in [-0.2, 0) is 0 Å². The van der Waals surface area contributed by atoms with E-state index >= 15 is 0 Å². The first-order valence-electron chi connectivity index (χ1n) is 7.07. The van der Waals surface area contributed by atoms with Gasteiger partial charge in [-0.3, -0.25) is 0 Å². The third-order valence-corrected chi connectivity index (χ3v) is 5.94. The van der Waals surface area contributed by atoms with E-state index in [0.717, 1.165) is 23.7 Å². The molecule has 6 heteroatoms. The number of aryl methyl sites for hydroxylation is 1. The minimum absolute atomic E-state index is 0.0498. The van der Waals surface area contributed by atoms with Crippen molar-refractivity contribution in [3.05, 3.63) is 46.2 Å². The zero-order valence-electron chi connectivity index (χ0n) is 12.5. The van der Waals surface area contributed by atoms with Gasteiger partial charge in [0.25, 0.3) is 0 Å². The van der Waals surface area contributed by atoms with Crippen molar-refractivity contribution >= 4 is 34.8 Å². The number of amides is 2. The molecule has 2 heterocycles. The average Bonchev–Trinajstić information content (AvgIpc) is 3.16. The van der Waals surface area contributed by atoms with Crippen LogP contribution in [0, 0.1) is 6.92 Å². The first kappa shape index (κ1) is 15.2. The molecule has 0 saturated carbocycles. The van der Waals surface area contributed by atoms with Crippen molar-refractivity contribution in [1.82, 2.24) is 4.90 Å². The van der Waals surface area contributed by atoms with Gasteiger partial charge in [0.15, 0.2) is 0 Å². The first-order chi connectivity index (χ1) is 10.7. The maximum absolute atomic E-state index is 12.5. The van der Waals surface area contributed by atoms with E-state index in [1.807, 2.05) is 40.9 Å². The quantitative estimate of drug-likeness (QED) is 0.907. The summed E-state index contributed by atoms with van der Waals surface area (Å²) in [6.45, 7) is 2.86. The summed E-state index contributed by atoms with van der Waals surface area (Å²) in [5.74, 6) is 1.75. The Balaban J connectivity index is 1.70. The second-order valence-electron chi connectivity index (χ2n) is 5.02. The zero-order valence-corrected chi connectivity index (χ0v) is 14.2. The van der Waals surface area contributed by atoms with E-state index < -0.39 is 0 Å². The molecule has 1 fully saturated rings. The smallest absolute Gasteiger partial charge is 0.323 e. The van der Waals surface area contributed by atoms with Crippen LogP contribution in [0.5, 0.6) is 5.75 Å². The third kappa shape index (κ3) is 3.23. The van der Waals surface area contributed by atoms with Gasteiger partial charge in [-0.15, -0.1) is 23.1 Å². The standard InChI is InChI=1S/C16H18N2O2S2/c1-11-3-8-14(22-11)15-18(9-10-21-15)16(19)17-12-4-6-13(20-2)7-5-12/h3-8,15H,9-10H2,1-2H3,(H,17,19). The summed E-state index contributed by atoms with van der Waals surface area (Å²) in [6.07, 6.45) is 0. The van der Waals surface area contributed by atoms with Gasteiger partial charge < -0.3 is 15.0 Å². The molecule has 3 rings (SSSR count). The molecule has 116 valence electrons. The Kier molecular flexibility index (Phi) is 4.59. The van der Waals surface area contributed by atoms with Crippen molar-refractivity contribution in [3.8, 4) is 5.75 Å². The van der Waals surface area contributed by atoms with Gasteiger partial charge in [0.05, 0.1) is 7.11 Å². The van der Waals surface area contributed by atoms with Crippen LogP contribution in [0.2, 0.25) is 0 Å². The second-order valence-corrected chi connectivity index (χ2v) is 7.53. The number of carbonyl (C=O) groups is 1. The summed E-state index contributed by atoms with van der Waals surface area (Å²) < 4.78 is 5.13. The van der Waals surface area contributed by atoms with Gasteiger partial charge in [-0.05, 0) is 43.3 Å². The Bertz CT molecular complexity index is 654. The van der Waals surface area contributed by atoms with E-state index in [0.29, 0.717) is 0 Å². The number of hydrogen-bond acceptors (Lipinski definition) is 4. The van der Waals surface area contributed by atoms with Crippen molar-refractivity contribution in [2.24, 2.45) is 0 Å². The highest BCUT2D eigenvalue weighted by Crippen LogP contribution is 2.41. The highest BCUT2D eigenvalue weighted by Gasteiger charge is 2.31. The Labute approximate surface area is 138 Å². The van der Waals surface area contributed by atoms with Crippen LogP contribution >= 0.6 is 23.1 Å². The summed E-state index contributed by atoms with van der Waals surface area (Å²) >= 11 is 3.58. The molecule has 0 radical (unpaired) electrons. The molecule has 1 aromatic heterocycles. The predicted octanol–water partition coefficient (Wildman–Crippen LogP) is 4.34. The average molecular weight is 334 g/mol.